The Balaban J connectivity index is 1.88. The first-order chi connectivity index (χ1) is 16.6. The van der Waals surface area contributed by atoms with Gasteiger partial charge in [-0.2, -0.15) is 0 Å². The van der Waals surface area contributed by atoms with Crippen LogP contribution in [-0.4, -0.2) is 50.0 Å². The van der Waals surface area contributed by atoms with Crippen molar-refractivity contribution in [2.75, 3.05) is 17.1 Å². The van der Waals surface area contributed by atoms with E-state index in [0.717, 1.165) is 48.2 Å². The van der Waals surface area contributed by atoms with E-state index >= 15 is 0 Å². The number of hydrogen-bond donors (Lipinski definition) is 1. The first-order valence-electron chi connectivity index (χ1n) is 12.0. The van der Waals surface area contributed by atoms with Gasteiger partial charge < -0.3 is 10.2 Å². The summed E-state index contributed by atoms with van der Waals surface area (Å²) in [6, 6.07) is 13.5. The summed E-state index contributed by atoms with van der Waals surface area (Å²) in [5.74, 6) is -0.737. The normalized spacial score (nSPS) is 15.0. The second-order valence-electron chi connectivity index (χ2n) is 9.07. The van der Waals surface area contributed by atoms with Crippen molar-refractivity contribution in [3.8, 4) is 0 Å². The highest BCUT2D eigenvalue weighted by Gasteiger charge is 2.31. The van der Waals surface area contributed by atoms with E-state index in [1.54, 1.807) is 37.3 Å². The molecule has 0 unspecified atom stereocenters. The first-order valence-corrected chi connectivity index (χ1v) is 14.2. The van der Waals surface area contributed by atoms with Crippen molar-refractivity contribution in [2.45, 2.75) is 64.6 Å². The molecule has 0 bridgehead atoms. The summed E-state index contributed by atoms with van der Waals surface area (Å²) in [5, 5.41) is 3.52. The Labute approximate surface area is 213 Å². The third-order valence-electron chi connectivity index (χ3n) is 6.48. The van der Waals surface area contributed by atoms with Crippen molar-refractivity contribution in [3.63, 3.8) is 0 Å². The van der Waals surface area contributed by atoms with Crippen LogP contribution >= 0.6 is 11.6 Å². The molecular formula is C26H34ClN3O4S. The average molecular weight is 520 g/mol. The van der Waals surface area contributed by atoms with Crippen LogP contribution in [0.1, 0.15) is 50.7 Å². The number of carbonyl (C=O) groups excluding carboxylic acids is 2. The predicted octanol–water partition coefficient (Wildman–Crippen LogP) is 4.14. The Hall–Kier alpha value is -2.58. The van der Waals surface area contributed by atoms with E-state index in [1.165, 1.54) is 4.90 Å². The molecule has 0 radical (unpaired) electrons. The Morgan fingerprint density at radius 2 is 1.71 bits per heavy atom. The van der Waals surface area contributed by atoms with Crippen molar-refractivity contribution >= 4 is 39.1 Å². The molecule has 1 atom stereocenters. The standard InChI is InChI=1S/C26H34ClN3O4S/c1-4-20-13-15-23(16-14-20)30(35(3,33)34)18-25(31)29(17-21-9-5-8-12-24(21)27)19(2)26(32)28-22-10-6-7-11-22/h5,8-9,12-16,19,22H,4,6-7,10-11,17-18H2,1-3H3,(H,28,32)/t19-/m0/s1. The van der Waals surface area contributed by atoms with Crippen LogP contribution in [0.5, 0.6) is 0 Å². The molecule has 1 saturated carbocycles. The zero-order valence-electron chi connectivity index (χ0n) is 20.5. The fourth-order valence-corrected chi connectivity index (χ4v) is 5.34. The van der Waals surface area contributed by atoms with Crippen LogP contribution in [0.15, 0.2) is 48.5 Å². The molecule has 7 nitrogen and oxygen atoms in total. The largest absolute Gasteiger partial charge is 0.352 e. The molecule has 35 heavy (non-hydrogen) atoms. The summed E-state index contributed by atoms with van der Waals surface area (Å²) in [6.45, 7) is 3.34. The number of amides is 2. The number of sulfonamides is 1. The highest BCUT2D eigenvalue weighted by atomic mass is 35.5. The molecule has 2 aromatic carbocycles. The minimum atomic E-state index is -3.75. The van der Waals surface area contributed by atoms with Crippen molar-refractivity contribution in [2.24, 2.45) is 0 Å². The Morgan fingerprint density at radius 1 is 1.09 bits per heavy atom. The summed E-state index contributed by atoms with van der Waals surface area (Å²) in [4.78, 5) is 28.1. The number of anilines is 1. The topological polar surface area (TPSA) is 86.8 Å². The molecule has 2 aromatic rings. The van der Waals surface area contributed by atoms with Crippen molar-refractivity contribution in [1.82, 2.24) is 10.2 Å². The van der Waals surface area contributed by atoms with Crippen molar-refractivity contribution in [3.05, 3.63) is 64.7 Å². The van der Waals surface area contributed by atoms with Crippen LogP contribution < -0.4 is 9.62 Å². The highest BCUT2D eigenvalue weighted by Crippen LogP contribution is 2.23. The minimum absolute atomic E-state index is 0.0874. The van der Waals surface area contributed by atoms with Gasteiger partial charge in [0.05, 0.1) is 11.9 Å². The number of carbonyl (C=O) groups is 2. The Bertz CT molecular complexity index is 1130. The lowest BCUT2D eigenvalue weighted by atomic mass is 10.1. The lowest BCUT2D eigenvalue weighted by molar-refractivity contribution is -0.139. The first kappa shape index (κ1) is 27.0. The van der Waals surface area contributed by atoms with E-state index in [1.807, 2.05) is 25.1 Å². The van der Waals surface area contributed by atoms with Crippen molar-refractivity contribution in [1.29, 1.82) is 0 Å². The molecule has 0 aliphatic heterocycles. The summed E-state index contributed by atoms with van der Waals surface area (Å²) >= 11 is 6.35. The molecule has 0 spiro atoms. The SMILES string of the molecule is CCc1ccc(N(CC(=O)N(Cc2ccccc2Cl)[C@@H](C)C(=O)NC2CCCC2)S(C)(=O)=O)cc1. The van der Waals surface area contributed by atoms with Gasteiger partial charge in [0.1, 0.15) is 12.6 Å². The zero-order valence-corrected chi connectivity index (χ0v) is 22.1. The average Bonchev–Trinajstić information content (AvgIpc) is 3.34. The summed E-state index contributed by atoms with van der Waals surface area (Å²) < 4.78 is 26.4. The van der Waals surface area contributed by atoms with E-state index in [9.17, 15) is 18.0 Å². The maximum absolute atomic E-state index is 13.6. The van der Waals surface area contributed by atoms with Crippen LogP contribution in [0.25, 0.3) is 0 Å². The van der Waals surface area contributed by atoms with E-state index in [4.69, 9.17) is 11.6 Å². The summed E-state index contributed by atoms with van der Waals surface area (Å²) in [6.07, 6.45) is 5.88. The molecule has 1 fully saturated rings. The van der Waals surface area contributed by atoms with Crippen LogP contribution in [-0.2, 0) is 32.6 Å². The second-order valence-corrected chi connectivity index (χ2v) is 11.4. The van der Waals surface area contributed by atoms with E-state index in [0.29, 0.717) is 16.3 Å². The minimum Gasteiger partial charge on any atom is -0.352 e. The number of rotatable bonds is 10. The monoisotopic (exact) mass is 519 g/mol. The van der Waals surface area contributed by atoms with Crippen LogP contribution in [0, 0.1) is 0 Å². The number of aryl methyl sites for hydroxylation is 1. The lowest BCUT2D eigenvalue weighted by Gasteiger charge is -2.32. The number of hydrogen-bond acceptors (Lipinski definition) is 4. The summed E-state index contributed by atoms with van der Waals surface area (Å²) in [7, 11) is -3.75. The summed E-state index contributed by atoms with van der Waals surface area (Å²) in [5.41, 5.74) is 2.14. The molecule has 9 heteroatoms. The maximum Gasteiger partial charge on any atom is 0.244 e. The number of halogens is 1. The molecular weight excluding hydrogens is 486 g/mol. The number of benzene rings is 2. The van der Waals surface area contributed by atoms with E-state index in [2.05, 4.69) is 5.32 Å². The predicted molar refractivity (Wildman–Crippen MR) is 140 cm³/mol. The van der Waals surface area contributed by atoms with Gasteiger partial charge in [0.15, 0.2) is 0 Å². The molecule has 0 aromatic heterocycles. The van der Waals surface area contributed by atoms with Gasteiger partial charge in [-0.1, -0.05) is 61.7 Å². The smallest absolute Gasteiger partial charge is 0.244 e. The number of nitrogens with one attached hydrogen (secondary N) is 1. The lowest BCUT2D eigenvalue weighted by Crippen LogP contribution is -2.52. The van der Waals surface area contributed by atoms with Gasteiger partial charge in [0.25, 0.3) is 0 Å². The molecule has 1 N–H and O–H groups in total. The van der Waals surface area contributed by atoms with Crippen LogP contribution in [0.2, 0.25) is 5.02 Å². The molecule has 2 amide bonds. The van der Waals surface area contributed by atoms with Gasteiger partial charge >= 0.3 is 0 Å². The Morgan fingerprint density at radius 3 is 2.29 bits per heavy atom. The second kappa shape index (κ2) is 11.9. The van der Waals surface area contributed by atoms with Gasteiger partial charge in [-0.3, -0.25) is 13.9 Å². The van der Waals surface area contributed by atoms with E-state index < -0.39 is 28.5 Å². The van der Waals surface area contributed by atoms with Gasteiger partial charge in [0.2, 0.25) is 21.8 Å². The van der Waals surface area contributed by atoms with Crippen molar-refractivity contribution < 1.29 is 18.0 Å². The highest BCUT2D eigenvalue weighted by molar-refractivity contribution is 7.92. The molecule has 3 rings (SSSR count). The molecule has 0 saturated heterocycles. The number of nitrogens with zero attached hydrogens (tertiary/aromatic N) is 2. The van der Waals surface area contributed by atoms with Gasteiger partial charge in [-0.05, 0) is 55.5 Å². The molecule has 0 heterocycles. The zero-order chi connectivity index (χ0) is 25.6. The quantitative estimate of drug-likeness (QED) is 0.511. The van der Waals surface area contributed by atoms with Gasteiger partial charge in [-0.25, -0.2) is 8.42 Å². The molecule has 190 valence electrons. The fraction of sp³-hybridized carbons (Fsp3) is 0.462. The third kappa shape index (κ3) is 7.21. The Kier molecular flexibility index (Phi) is 9.19. The third-order valence-corrected chi connectivity index (χ3v) is 7.99. The van der Waals surface area contributed by atoms with Crippen LogP contribution in [0.4, 0.5) is 5.69 Å². The van der Waals surface area contributed by atoms with E-state index in [-0.39, 0.29) is 18.5 Å². The van der Waals surface area contributed by atoms with Crippen LogP contribution in [0.3, 0.4) is 0 Å². The molecule has 1 aliphatic carbocycles. The fourth-order valence-electron chi connectivity index (χ4n) is 4.30. The van der Waals surface area contributed by atoms with Gasteiger partial charge in [-0.15, -0.1) is 0 Å². The maximum atomic E-state index is 13.6. The van der Waals surface area contributed by atoms with Gasteiger partial charge in [0, 0.05) is 17.6 Å². The molecule has 1 aliphatic rings.